The van der Waals surface area contributed by atoms with Gasteiger partial charge in [-0.1, -0.05) is 18.2 Å². The van der Waals surface area contributed by atoms with E-state index in [1.54, 1.807) is 7.11 Å². The van der Waals surface area contributed by atoms with Crippen molar-refractivity contribution in [1.29, 1.82) is 0 Å². The lowest BCUT2D eigenvalue weighted by molar-refractivity contribution is -0.400. The minimum Gasteiger partial charge on any atom is -0.497 e. The Morgan fingerprint density at radius 3 is 2.59 bits per heavy atom. The van der Waals surface area contributed by atoms with Gasteiger partial charge in [0.1, 0.15) is 5.75 Å². The van der Waals surface area contributed by atoms with Gasteiger partial charge in [0.15, 0.2) is 0 Å². The Bertz CT molecular complexity index is 590. The van der Waals surface area contributed by atoms with E-state index in [0.717, 1.165) is 28.3 Å². The van der Waals surface area contributed by atoms with Gasteiger partial charge in [-0.2, -0.15) is 0 Å². The maximum absolute atomic E-state index is 10.2. The second kappa shape index (κ2) is 4.65. The van der Waals surface area contributed by atoms with Gasteiger partial charge in [0.25, 0.3) is 0 Å². The number of fused-ring (bicyclic) bond motifs is 1. The molecule has 0 N–H and O–H groups in total. The molecule has 0 radical (unpaired) electrons. The molecule has 0 saturated carbocycles. The van der Waals surface area contributed by atoms with Gasteiger partial charge in [0.05, 0.1) is 12.0 Å². The monoisotopic (exact) mass is 229 g/mol. The van der Waals surface area contributed by atoms with Crippen LogP contribution in [0.25, 0.3) is 16.8 Å². The van der Waals surface area contributed by atoms with E-state index in [1.165, 1.54) is 6.08 Å². The molecule has 0 amide bonds. The van der Waals surface area contributed by atoms with Gasteiger partial charge >= 0.3 is 0 Å². The molecule has 0 aliphatic rings. The number of hydrogen-bond acceptors (Lipinski definition) is 3. The molecule has 0 aliphatic carbocycles. The Labute approximate surface area is 98.3 Å². The molecule has 4 heteroatoms. The van der Waals surface area contributed by atoms with E-state index in [2.05, 4.69) is 0 Å². The molecule has 2 rings (SSSR count). The minimum absolute atomic E-state index is 0.474. The summed E-state index contributed by atoms with van der Waals surface area (Å²) in [5.41, 5.74) is 0.805. The molecule has 0 fully saturated rings. The highest BCUT2D eigenvalue weighted by molar-refractivity contribution is 5.85. The molecule has 0 aliphatic heterocycles. The number of benzene rings is 2. The summed E-state index contributed by atoms with van der Waals surface area (Å²) in [5, 5.41) is 12.3. The smallest absolute Gasteiger partial charge is 0.235 e. The summed E-state index contributed by atoms with van der Waals surface area (Å²) in [6.07, 6.45) is 2.41. The number of rotatable bonds is 3. The first-order valence-corrected chi connectivity index (χ1v) is 5.08. The van der Waals surface area contributed by atoms with E-state index in [0.29, 0.717) is 0 Å². The van der Waals surface area contributed by atoms with Crippen LogP contribution >= 0.6 is 0 Å². The summed E-state index contributed by atoms with van der Waals surface area (Å²) >= 11 is 0. The molecular weight excluding hydrogens is 218 g/mol. The van der Waals surface area contributed by atoms with Crippen LogP contribution in [-0.4, -0.2) is 12.0 Å². The summed E-state index contributed by atoms with van der Waals surface area (Å²) < 4.78 is 5.13. The van der Waals surface area contributed by atoms with Crippen molar-refractivity contribution in [3.63, 3.8) is 0 Å². The minimum atomic E-state index is -0.474. The van der Waals surface area contributed by atoms with Crippen molar-refractivity contribution in [2.24, 2.45) is 0 Å². The summed E-state index contributed by atoms with van der Waals surface area (Å²) in [7, 11) is 1.62. The summed E-state index contributed by atoms with van der Waals surface area (Å²) in [5.74, 6) is 0.797. The first-order valence-electron chi connectivity index (χ1n) is 5.08. The summed E-state index contributed by atoms with van der Waals surface area (Å²) in [4.78, 5) is 9.75. The van der Waals surface area contributed by atoms with Crippen LogP contribution in [0.5, 0.6) is 5.75 Å². The third-order valence-corrected chi connectivity index (χ3v) is 2.46. The second-order valence-electron chi connectivity index (χ2n) is 3.57. The van der Waals surface area contributed by atoms with Crippen LogP contribution in [0.2, 0.25) is 0 Å². The molecular formula is C13H11NO3. The van der Waals surface area contributed by atoms with Gasteiger partial charge in [0.2, 0.25) is 6.20 Å². The van der Waals surface area contributed by atoms with E-state index >= 15 is 0 Å². The molecule has 0 heterocycles. The average molecular weight is 229 g/mol. The van der Waals surface area contributed by atoms with Gasteiger partial charge in [-0.3, -0.25) is 10.1 Å². The first kappa shape index (κ1) is 11.1. The van der Waals surface area contributed by atoms with Crippen molar-refractivity contribution in [2.75, 3.05) is 7.11 Å². The Kier molecular flexibility index (Phi) is 3.05. The molecule has 0 saturated heterocycles. The molecule has 17 heavy (non-hydrogen) atoms. The molecule has 0 unspecified atom stereocenters. The lowest BCUT2D eigenvalue weighted by Crippen LogP contribution is -1.84. The highest BCUT2D eigenvalue weighted by atomic mass is 16.6. The molecule has 0 spiro atoms. The Morgan fingerprint density at radius 2 is 1.88 bits per heavy atom. The first-order chi connectivity index (χ1) is 8.19. The highest BCUT2D eigenvalue weighted by Gasteiger charge is 1.98. The van der Waals surface area contributed by atoms with Gasteiger partial charge in [-0.25, -0.2) is 0 Å². The SMILES string of the molecule is COc1ccc2cc(C=C[N+](=O)[O-])ccc2c1. The topological polar surface area (TPSA) is 52.4 Å². The summed E-state index contributed by atoms with van der Waals surface area (Å²) in [6, 6.07) is 11.4. The third kappa shape index (κ3) is 2.60. The largest absolute Gasteiger partial charge is 0.497 e. The van der Waals surface area contributed by atoms with Crippen molar-refractivity contribution in [3.8, 4) is 5.75 Å². The number of nitro groups is 1. The fourth-order valence-electron chi connectivity index (χ4n) is 1.62. The van der Waals surface area contributed by atoms with E-state index in [1.807, 2.05) is 36.4 Å². The van der Waals surface area contributed by atoms with Gasteiger partial charge < -0.3 is 4.74 Å². The van der Waals surface area contributed by atoms with Crippen LogP contribution in [0, 0.1) is 10.1 Å². The molecule has 0 aromatic heterocycles. The van der Waals surface area contributed by atoms with Crippen LogP contribution in [0.15, 0.2) is 42.6 Å². The second-order valence-corrected chi connectivity index (χ2v) is 3.57. The van der Waals surface area contributed by atoms with E-state index < -0.39 is 4.92 Å². The van der Waals surface area contributed by atoms with E-state index in [-0.39, 0.29) is 0 Å². The van der Waals surface area contributed by atoms with Gasteiger partial charge in [-0.05, 0) is 34.5 Å². The lowest BCUT2D eigenvalue weighted by Gasteiger charge is -2.03. The Hall–Kier alpha value is -2.36. The predicted molar refractivity (Wildman–Crippen MR) is 66.5 cm³/mol. The maximum Gasteiger partial charge on any atom is 0.235 e. The molecule has 2 aromatic rings. The summed E-state index contributed by atoms with van der Waals surface area (Å²) in [6.45, 7) is 0. The van der Waals surface area contributed by atoms with Crippen LogP contribution in [0.4, 0.5) is 0 Å². The Balaban J connectivity index is 2.41. The van der Waals surface area contributed by atoms with Gasteiger partial charge in [0, 0.05) is 6.08 Å². The highest BCUT2D eigenvalue weighted by Crippen LogP contribution is 2.22. The fraction of sp³-hybridized carbons (Fsp3) is 0.0769. The zero-order valence-electron chi connectivity index (χ0n) is 9.29. The van der Waals surface area contributed by atoms with Crippen molar-refractivity contribution in [2.45, 2.75) is 0 Å². The van der Waals surface area contributed by atoms with Crippen LogP contribution in [0.1, 0.15) is 5.56 Å². The van der Waals surface area contributed by atoms with Crippen molar-refractivity contribution >= 4 is 16.8 Å². The Morgan fingerprint density at radius 1 is 1.18 bits per heavy atom. The predicted octanol–water partition coefficient (Wildman–Crippen LogP) is 3.10. The maximum atomic E-state index is 10.2. The zero-order valence-corrected chi connectivity index (χ0v) is 9.29. The average Bonchev–Trinajstić information content (AvgIpc) is 2.35. The number of hydrogen-bond donors (Lipinski definition) is 0. The van der Waals surface area contributed by atoms with E-state index in [9.17, 15) is 10.1 Å². The van der Waals surface area contributed by atoms with Gasteiger partial charge in [-0.15, -0.1) is 0 Å². The normalized spacial score (nSPS) is 10.9. The van der Waals surface area contributed by atoms with Crippen molar-refractivity contribution in [1.82, 2.24) is 0 Å². The standard InChI is InChI=1S/C13H11NO3/c1-17-13-5-4-11-8-10(6-7-14(15)16)2-3-12(11)9-13/h2-9H,1H3. The molecule has 2 aromatic carbocycles. The number of nitrogens with zero attached hydrogens (tertiary/aromatic N) is 1. The van der Waals surface area contributed by atoms with Crippen molar-refractivity contribution in [3.05, 3.63) is 58.3 Å². The molecule has 86 valence electrons. The van der Waals surface area contributed by atoms with E-state index in [4.69, 9.17) is 4.74 Å². The van der Waals surface area contributed by atoms with Crippen LogP contribution in [-0.2, 0) is 0 Å². The third-order valence-electron chi connectivity index (χ3n) is 2.46. The molecule has 0 bridgehead atoms. The molecule has 0 atom stereocenters. The molecule has 4 nitrogen and oxygen atoms in total. The van der Waals surface area contributed by atoms with Crippen LogP contribution in [0.3, 0.4) is 0 Å². The zero-order chi connectivity index (χ0) is 12.3. The lowest BCUT2D eigenvalue weighted by atomic mass is 10.1. The van der Waals surface area contributed by atoms with Crippen LogP contribution < -0.4 is 4.74 Å². The quantitative estimate of drug-likeness (QED) is 0.600. The fourth-order valence-corrected chi connectivity index (χ4v) is 1.62. The van der Waals surface area contributed by atoms with Crippen molar-refractivity contribution < 1.29 is 9.66 Å². The number of ether oxygens (including phenoxy) is 1. The number of methoxy groups -OCH3 is 1.